The quantitative estimate of drug-likeness (QED) is 0.749. The molecule has 0 radical (unpaired) electrons. The van der Waals surface area contributed by atoms with Gasteiger partial charge in [0, 0.05) is 29.4 Å². The van der Waals surface area contributed by atoms with E-state index < -0.39 is 0 Å². The Morgan fingerprint density at radius 1 is 1.11 bits per heavy atom. The van der Waals surface area contributed by atoms with Gasteiger partial charge in [0.05, 0.1) is 11.9 Å². The van der Waals surface area contributed by atoms with Gasteiger partial charge in [-0.2, -0.15) is 0 Å². The number of aromatic nitrogens is 1. The van der Waals surface area contributed by atoms with Gasteiger partial charge in [-0.05, 0) is 29.7 Å². The fourth-order valence-electron chi connectivity index (χ4n) is 2.70. The van der Waals surface area contributed by atoms with E-state index in [1.165, 1.54) is 0 Å². The van der Waals surface area contributed by atoms with Gasteiger partial charge in [0.15, 0.2) is 0 Å². The molecule has 1 aromatic heterocycles. The van der Waals surface area contributed by atoms with Crippen LogP contribution >= 0.6 is 11.6 Å². The average Bonchev–Trinajstić information content (AvgIpc) is 2.38. The molecule has 19 heavy (non-hydrogen) atoms. The van der Waals surface area contributed by atoms with E-state index in [4.69, 9.17) is 11.6 Å². The van der Waals surface area contributed by atoms with Gasteiger partial charge in [-0.3, -0.25) is 14.6 Å². The Bertz CT molecular complexity index is 665. The molecular weight excluding hydrogens is 262 g/mol. The topological polar surface area (TPSA) is 47.0 Å². The zero-order valence-electron chi connectivity index (χ0n) is 10.2. The maximum atomic E-state index is 11.6. The number of pyridine rings is 1. The summed E-state index contributed by atoms with van der Waals surface area (Å²) in [7, 11) is 0. The van der Waals surface area contributed by atoms with Crippen molar-refractivity contribution in [1.29, 1.82) is 0 Å². The van der Waals surface area contributed by atoms with Gasteiger partial charge in [-0.1, -0.05) is 17.7 Å². The normalized spacial score (nSPS) is 17.1. The van der Waals surface area contributed by atoms with Crippen molar-refractivity contribution in [3.05, 3.63) is 41.0 Å². The van der Waals surface area contributed by atoms with Gasteiger partial charge in [-0.25, -0.2) is 0 Å². The highest BCUT2D eigenvalue weighted by Crippen LogP contribution is 2.35. The van der Waals surface area contributed by atoms with E-state index in [2.05, 4.69) is 4.98 Å². The Hall–Kier alpha value is -1.74. The Labute approximate surface area is 115 Å². The largest absolute Gasteiger partial charge is 0.299 e. The fourth-order valence-corrected chi connectivity index (χ4v) is 2.91. The average molecular weight is 274 g/mol. The first-order valence-corrected chi connectivity index (χ1v) is 6.59. The van der Waals surface area contributed by atoms with E-state index >= 15 is 0 Å². The number of halogens is 1. The number of carbonyl (C=O) groups is 2. The first kappa shape index (κ1) is 12.3. The molecule has 1 aliphatic carbocycles. The van der Waals surface area contributed by atoms with Gasteiger partial charge >= 0.3 is 0 Å². The van der Waals surface area contributed by atoms with Crippen LogP contribution in [0.5, 0.6) is 0 Å². The first-order chi connectivity index (χ1) is 9.15. The highest BCUT2D eigenvalue weighted by atomic mass is 35.5. The number of carbonyl (C=O) groups excluding carboxylic acids is 2. The molecule has 0 saturated heterocycles. The van der Waals surface area contributed by atoms with Crippen molar-refractivity contribution in [2.75, 3.05) is 0 Å². The molecular formula is C15H12ClNO2. The predicted octanol–water partition coefficient (Wildman–Crippen LogP) is 3.29. The van der Waals surface area contributed by atoms with Crippen molar-refractivity contribution in [2.45, 2.75) is 25.2 Å². The Balaban J connectivity index is 2.12. The van der Waals surface area contributed by atoms with Crippen LogP contribution in [0.4, 0.5) is 0 Å². The zero-order chi connectivity index (χ0) is 13.4. The third-order valence-corrected chi connectivity index (χ3v) is 3.86. The van der Waals surface area contributed by atoms with E-state index in [1.807, 2.05) is 24.3 Å². The molecule has 0 bridgehead atoms. The zero-order valence-corrected chi connectivity index (χ0v) is 11.0. The lowest BCUT2D eigenvalue weighted by atomic mass is 9.82. The Kier molecular flexibility index (Phi) is 3.07. The van der Waals surface area contributed by atoms with Crippen LogP contribution in [0, 0.1) is 0 Å². The Morgan fingerprint density at radius 2 is 1.84 bits per heavy atom. The van der Waals surface area contributed by atoms with E-state index in [-0.39, 0.29) is 23.9 Å². The lowest BCUT2D eigenvalue weighted by Gasteiger charge is -2.21. The fraction of sp³-hybridized carbons (Fsp3) is 0.267. The van der Waals surface area contributed by atoms with Crippen molar-refractivity contribution in [3.63, 3.8) is 0 Å². The maximum absolute atomic E-state index is 11.6. The number of nitrogens with zero attached hydrogens (tertiary/aromatic N) is 1. The molecule has 0 spiro atoms. The summed E-state index contributed by atoms with van der Waals surface area (Å²) < 4.78 is 0. The summed E-state index contributed by atoms with van der Waals surface area (Å²) in [5.41, 5.74) is 1.74. The number of hydrogen-bond donors (Lipinski definition) is 0. The minimum absolute atomic E-state index is 0.0141. The van der Waals surface area contributed by atoms with Crippen molar-refractivity contribution in [3.8, 4) is 0 Å². The predicted molar refractivity (Wildman–Crippen MR) is 73.4 cm³/mol. The minimum atomic E-state index is -0.0663. The standard InChI is InChI=1S/C15H12ClNO2/c16-14-4-3-12(15-13(14)2-1-5-17-15)9-6-10(18)8-11(19)7-9/h1-5,9H,6-8H2. The Morgan fingerprint density at radius 3 is 2.58 bits per heavy atom. The molecule has 3 rings (SSSR count). The van der Waals surface area contributed by atoms with E-state index in [1.54, 1.807) is 6.20 Å². The number of hydrogen-bond acceptors (Lipinski definition) is 3. The van der Waals surface area contributed by atoms with E-state index in [0.29, 0.717) is 17.9 Å². The summed E-state index contributed by atoms with van der Waals surface area (Å²) in [5.74, 6) is -0.0380. The monoisotopic (exact) mass is 273 g/mol. The third-order valence-electron chi connectivity index (χ3n) is 3.53. The second kappa shape index (κ2) is 4.74. The van der Waals surface area contributed by atoms with Crippen molar-refractivity contribution < 1.29 is 9.59 Å². The van der Waals surface area contributed by atoms with E-state index in [0.717, 1.165) is 16.5 Å². The van der Waals surface area contributed by atoms with Gasteiger partial charge in [-0.15, -0.1) is 0 Å². The summed E-state index contributed by atoms with van der Waals surface area (Å²) in [6.45, 7) is 0. The number of ketones is 2. The molecule has 0 unspecified atom stereocenters. The van der Waals surface area contributed by atoms with Crippen molar-refractivity contribution in [2.24, 2.45) is 0 Å². The molecule has 1 aromatic carbocycles. The number of rotatable bonds is 1. The summed E-state index contributed by atoms with van der Waals surface area (Å²) in [4.78, 5) is 27.5. The number of benzene rings is 1. The minimum Gasteiger partial charge on any atom is -0.299 e. The summed E-state index contributed by atoms with van der Waals surface area (Å²) in [6.07, 6.45) is 2.61. The van der Waals surface area contributed by atoms with Crippen LogP contribution in [0.15, 0.2) is 30.5 Å². The molecule has 0 N–H and O–H groups in total. The molecule has 0 atom stereocenters. The van der Waals surface area contributed by atoms with Crippen molar-refractivity contribution >= 4 is 34.1 Å². The lowest BCUT2D eigenvalue weighted by Crippen LogP contribution is -2.21. The molecule has 1 fully saturated rings. The molecule has 0 amide bonds. The van der Waals surface area contributed by atoms with Crippen LogP contribution in [-0.4, -0.2) is 16.6 Å². The molecule has 96 valence electrons. The molecule has 0 aliphatic heterocycles. The van der Waals surface area contributed by atoms with Gasteiger partial charge < -0.3 is 0 Å². The highest BCUT2D eigenvalue weighted by Gasteiger charge is 2.28. The maximum Gasteiger partial charge on any atom is 0.140 e. The number of Topliss-reactive ketones (excluding diaryl/α,β-unsaturated/α-hetero) is 2. The molecule has 4 heteroatoms. The SMILES string of the molecule is O=C1CC(=O)CC(c2ccc(Cl)c3cccnc23)C1. The first-order valence-electron chi connectivity index (χ1n) is 6.21. The van der Waals surface area contributed by atoms with Crippen LogP contribution in [0.2, 0.25) is 5.02 Å². The van der Waals surface area contributed by atoms with Gasteiger partial charge in [0.1, 0.15) is 11.6 Å². The molecule has 1 heterocycles. The summed E-state index contributed by atoms with van der Waals surface area (Å²) in [5, 5.41) is 1.51. The summed E-state index contributed by atoms with van der Waals surface area (Å²) >= 11 is 6.15. The summed E-state index contributed by atoms with van der Waals surface area (Å²) in [6, 6.07) is 7.43. The van der Waals surface area contributed by atoms with E-state index in [9.17, 15) is 9.59 Å². The van der Waals surface area contributed by atoms with Crippen LogP contribution in [-0.2, 0) is 9.59 Å². The molecule has 2 aromatic rings. The van der Waals surface area contributed by atoms with Gasteiger partial charge in [0.25, 0.3) is 0 Å². The van der Waals surface area contributed by atoms with Gasteiger partial charge in [0.2, 0.25) is 0 Å². The van der Waals surface area contributed by atoms with Crippen LogP contribution in [0.1, 0.15) is 30.7 Å². The molecule has 1 aliphatic rings. The number of fused-ring (bicyclic) bond motifs is 1. The third kappa shape index (κ3) is 2.26. The van der Waals surface area contributed by atoms with Crippen molar-refractivity contribution in [1.82, 2.24) is 4.98 Å². The van der Waals surface area contributed by atoms with Crippen LogP contribution < -0.4 is 0 Å². The second-order valence-corrected chi connectivity index (χ2v) is 5.30. The smallest absolute Gasteiger partial charge is 0.140 e. The molecule has 1 saturated carbocycles. The highest BCUT2D eigenvalue weighted by molar-refractivity contribution is 6.35. The molecule has 3 nitrogen and oxygen atoms in total. The second-order valence-electron chi connectivity index (χ2n) is 4.90. The van der Waals surface area contributed by atoms with Crippen LogP contribution in [0.3, 0.4) is 0 Å². The lowest BCUT2D eigenvalue weighted by molar-refractivity contribution is -0.130. The van der Waals surface area contributed by atoms with Crippen LogP contribution in [0.25, 0.3) is 10.9 Å².